The van der Waals surface area contributed by atoms with Gasteiger partial charge in [0, 0.05) is 12.6 Å². The molecule has 0 bridgehead atoms. The number of aryl methyl sites for hydroxylation is 1. The van der Waals surface area contributed by atoms with Gasteiger partial charge in [0.1, 0.15) is 5.82 Å². The summed E-state index contributed by atoms with van der Waals surface area (Å²) in [6.07, 6.45) is 0.503. The number of rotatable bonds is 4. The van der Waals surface area contributed by atoms with E-state index in [1.165, 1.54) is 0 Å². The molecular formula is C12H18N4. The first-order valence-electron chi connectivity index (χ1n) is 5.43. The van der Waals surface area contributed by atoms with Crippen molar-refractivity contribution < 1.29 is 0 Å². The van der Waals surface area contributed by atoms with Crippen LogP contribution in [0.4, 0.5) is 11.5 Å². The molecule has 0 saturated heterocycles. The molecule has 0 radical (unpaired) electrons. The maximum Gasteiger partial charge on any atom is 0.129 e. The van der Waals surface area contributed by atoms with Crippen molar-refractivity contribution in [2.45, 2.75) is 33.2 Å². The van der Waals surface area contributed by atoms with E-state index in [2.05, 4.69) is 29.8 Å². The SMILES string of the molecule is Cc1nc(N(CCC#N)C(C)C)ccc1N. The fourth-order valence-corrected chi connectivity index (χ4v) is 1.53. The van der Waals surface area contributed by atoms with Crippen LogP contribution >= 0.6 is 0 Å². The molecule has 1 aromatic rings. The summed E-state index contributed by atoms with van der Waals surface area (Å²) < 4.78 is 0. The van der Waals surface area contributed by atoms with Crippen LogP contribution in [0.3, 0.4) is 0 Å². The molecule has 0 atom stereocenters. The Balaban J connectivity index is 2.93. The van der Waals surface area contributed by atoms with E-state index in [9.17, 15) is 0 Å². The summed E-state index contributed by atoms with van der Waals surface area (Å²) in [5, 5.41) is 8.63. The van der Waals surface area contributed by atoms with Crippen LogP contribution in [0.15, 0.2) is 12.1 Å². The lowest BCUT2D eigenvalue weighted by Crippen LogP contribution is -2.32. The predicted octanol–water partition coefficient (Wildman–Crippen LogP) is 2.10. The zero-order valence-corrected chi connectivity index (χ0v) is 10.1. The molecule has 0 aliphatic rings. The number of pyridine rings is 1. The van der Waals surface area contributed by atoms with Crippen LogP contribution in [0.25, 0.3) is 0 Å². The molecule has 4 heteroatoms. The van der Waals surface area contributed by atoms with Crippen LogP contribution in [0, 0.1) is 18.3 Å². The van der Waals surface area contributed by atoms with Crippen LogP contribution < -0.4 is 10.6 Å². The molecule has 4 nitrogen and oxygen atoms in total. The summed E-state index contributed by atoms with van der Waals surface area (Å²) in [4.78, 5) is 6.55. The van der Waals surface area contributed by atoms with Gasteiger partial charge in [0.05, 0.1) is 23.9 Å². The van der Waals surface area contributed by atoms with Crippen LogP contribution in [0.2, 0.25) is 0 Å². The Morgan fingerprint density at radius 3 is 2.69 bits per heavy atom. The van der Waals surface area contributed by atoms with Gasteiger partial charge in [-0.25, -0.2) is 4.98 Å². The first kappa shape index (κ1) is 12.3. The number of aromatic nitrogens is 1. The van der Waals surface area contributed by atoms with Crippen molar-refractivity contribution in [3.05, 3.63) is 17.8 Å². The minimum absolute atomic E-state index is 0.323. The third kappa shape index (κ3) is 2.86. The lowest BCUT2D eigenvalue weighted by Gasteiger charge is -2.27. The van der Waals surface area contributed by atoms with E-state index in [0.29, 0.717) is 24.7 Å². The van der Waals surface area contributed by atoms with Gasteiger partial charge >= 0.3 is 0 Å². The van der Waals surface area contributed by atoms with Crippen molar-refractivity contribution in [2.75, 3.05) is 17.2 Å². The Morgan fingerprint density at radius 2 is 2.19 bits per heavy atom. The fourth-order valence-electron chi connectivity index (χ4n) is 1.53. The smallest absolute Gasteiger partial charge is 0.129 e. The Hall–Kier alpha value is -1.76. The molecule has 0 amide bonds. The number of hydrogen-bond acceptors (Lipinski definition) is 4. The molecule has 0 aromatic carbocycles. The van der Waals surface area contributed by atoms with E-state index >= 15 is 0 Å². The molecule has 0 aliphatic carbocycles. The number of hydrogen-bond donors (Lipinski definition) is 1. The second-order valence-electron chi connectivity index (χ2n) is 4.04. The maximum absolute atomic E-state index is 8.63. The van der Waals surface area contributed by atoms with E-state index in [1.54, 1.807) is 0 Å². The normalized spacial score (nSPS) is 10.2. The Labute approximate surface area is 96.7 Å². The van der Waals surface area contributed by atoms with Gasteiger partial charge in [0.15, 0.2) is 0 Å². The van der Waals surface area contributed by atoms with Crippen molar-refractivity contribution >= 4 is 11.5 Å². The van der Waals surface area contributed by atoms with Crippen LogP contribution in [0.1, 0.15) is 26.0 Å². The molecule has 86 valence electrons. The Kier molecular flexibility index (Phi) is 4.12. The third-order valence-electron chi connectivity index (χ3n) is 2.49. The van der Waals surface area contributed by atoms with E-state index in [4.69, 9.17) is 11.0 Å². The fraction of sp³-hybridized carbons (Fsp3) is 0.500. The summed E-state index contributed by atoms with van der Waals surface area (Å²) in [6, 6.07) is 6.24. The molecule has 16 heavy (non-hydrogen) atoms. The van der Waals surface area contributed by atoms with Crippen molar-refractivity contribution in [2.24, 2.45) is 0 Å². The predicted molar refractivity (Wildman–Crippen MR) is 66.1 cm³/mol. The van der Waals surface area contributed by atoms with E-state index in [1.807, 2.05) is 19.1 Å². The van der Waals surface area contributed by atoms with Gasteiger partial charge < -0.3 is 10.6 Å². The largest absolute Gasteiger partial charge is 0.397 e. The summed E-state index contributed by atoms with van der Waals surface area (Å²) in [5.74, 6) is 0.886. The van der Waals surface area contributed by atoms with Gasteiger partial charge in [0.25, 0.3) is 0 Å². The molecule has 2 N–H and O–H groups in total. The Morgan fingerprint density at radius 1 is 1.50 bits per heavy atom. The van der Waals surface area contributed by atoms with Gasteiger partial charge in [-0.15, -0.1) is 0 Å². The molecule has 0 unspecified atom stereocenters. The number of nitrogens with zero attached hydrogens (tertiary/aromatic N) is 3. The summed E-state index contributed by atoms with van der Waals surface area (Å²) in [6.45, 7) is 6.77. The standard InChI is InChI=1S/C12H18N4/c1-9(2)16(8-4-7-13)12-6-5-11(14)10(3)15-12/h5-6,9H,4,8,14H2,1-3H3. The summed E-state index contributed by atoms with van der Waals surface area (Å²) in [7, 11) is 0. The first-order valence-corrected chi connectivity index (χ1v) is 5.43. The molecule has 0 spiro atoms. The molecule has 1 heterocycles. The highest BCUT2D eigenvalue weighted by Gasteiger charge is 2.12. The van der Waals surface area contributed by atoms with E-state index in [-0.39, 0.29) is 0 Å². The van der Waals surface area contributed by atoms with Gasteiger partial charge in [-0.3, -0.25) is 0 Å². The van der Waals surface area contributed by atoms with Gasteiger partial charge in [0.2, 0.25) is 0 Å². The number of anilines is 2. The number of nitrogens with two attached hydrogens (primary N) is 1. The van der Waals surface area contributed by atoms with Crippen LogP contribution in [-0.2, 0) is 0 Å². The highest BCUT2D eigenvalue weighted by molar-refractivity contribution is 5.50. The van der Waals surface area contributed by atoms with Crippen molar-refractivity contribution in [1.29, 1.82) is 5.26 Å². The highest BCUT2D eigenvalue weighted by Crippen LogP contribution is 2.18. The topological polar surface area (TPSA) is 65.9 Å². The molecule has 0 fully saturated rings. The average Bonchev–Trinajstić information content (AvgIpc) is 2.23. The summed E-state index contributed by atoms with van der Waals surface area (Å²) >= 11 is 0. The first-order chi connectivity index (χ1) is 7.56. The zero-order valence-electron chi connectivity index (χ0n) is 10.1. The number of nitrogen functional groups attached to an aromatic ring is 1. The molecule has 0 saturated carbocycles. The summed E-state index contributed by atoms with van der Waals surface area (Å²) in [5.41, 5.74) is 7.27. The van der Waals surface area contributed by atoms with Crippen LogP contribution in [0.5, 0.6) is 0 Å². The van der Waals surface area contributed by atoms with Gasteiger partial charge in [-0.2, -0.15) is 5.26 Å². The van der Waals surface area contributed by atoms with Gasteiger partial charge in [-0.1, -0.05) is 0 Å². The van der Waals surface area contributed by atoms with Crippen LogP contribution in [-0.4, -0.2) is 17.6 Å². The third-order valence-corrected chi connectivity index (χ3v) is 2.49. The minimum Gasteiger partial charge on any atom is -0.397 e. The zero-order chi connectivity index (χ0) is 12.1. The van der Waals surface area contributed by atoms with Crippen molar-refractivity contribution in [1.82, 2.24) is 4.98 Å². The lowest BCUT2D eigenvalue weighted by atomic mass is 10.2. The Bertz CT molecular complexity index is 392. The second kappa shape index (κ2) is 5.36. The lowest BCUT2D eigenvalue weighted by molar-refractivity contribution is 0.676. The molecule has 1 rings (SSSR count). The highest BCUT2D eigenvalue weighted by atomic mass is 15.2. The maximum atomic E-state index is 8.63. The minimum atomic E-state index is 0.323. The second-order valence-corrected chi connectivity index (χ2v) is 4.04. The van der Waals surface area contributed by atoms with E-state index in [0.717, 1.165) is 11.5 Å². The number of nitriles is 1. The van der Waals surface area contributed by atoms with E-state index < -0.39 is 0 Å². The molecule has 1 aromatic heterocycles. The molecule has 0 aliphatic heterocycles. The van der Waals surface area contributed by atoms with Gasteiger partial charge in [-0.05, 0) is 32.9 Å². The van der Waals surface area contributed by atoms with Crippen molar-refractivity contribution in [3.63, 3.8) is 0 Å². The van der Waals surface area contributed by atoms with Crippen molar-refractivity contribution in [3.8, 4) is 6.07 Å². The monoisotopic (exact) mass is 218 g/mol. The molecular weight excluding hydrogens is 200 g/mol. The average molecular weight is 218 g/mol. The quantitative estimate of drug-likeness (QED) is 0.840.